The van der Waals surface area contributed by atoms with Gasteiger partial charge < -0.3 is 10.6 Å². The summed E-state index contributed by atoms with van der Waals surface area (Å²) in [6.07, 6.45) is 0.851. The molecule has 0 spiro atoms. The monoisotopic (exact) mass is 329 g/mol. The van der Waals surface area contributed by atoms with Crippen molar-refractivity contribution in [1.29, 1.82) is 0 Å². The van der Waals surface area contributed by atoms with Crippen LogP contribution in [0.15, 0.2) is 42.5 Å². The molecule has 6 heteroatoms. The SMILES string of the molecule is Cc1cccc(CCNC(=O)CCNC(=O)c2ccc(F)cc2)n1. The number of pyridine rings is 1. The van der Waals surface area contributed by atoms with Crippen LogP contribution in [0.4, 0.5) is 4.39 Å². The van der Waals surface area contributed by atoms with Crippen LogP contribution in [0.5, 0.6) is 0 Å². The van der Waals surface area contributed by atoms with Gasteiger partial charge in [0.25, 0.3) is 5.91 Å². The first-order chi connectivity index (χ1) is 11.5. The van der Waals surface area contributed by atoms with Crippen molar-refractivity contribution in [2.75, 3.05) is 13.1 Å². The second kappa shape index (κ2) is 8.76. The van der Waals surface area contributed by atoms with E-state index in [2.05, 4.69) is 15.6 Å². The fourth-order valence-electron chi connectivity index (χ4n) is 2.15. The molecule has 2 rings (SSSR count). The normalized spacial score (nSPS) is 10.2. The summed E-state index contributed by atoms with van der Waals surface area (Å²) in [5.74, 6) is -0.858. The topological polar surface area (TPSA) is 71.1 Å². The molecule has 1 heterocycles. The Morgan fingerprint density at radius 1 is 1.04 bits per heavy atom. The Balaban J connectivity index is 1.64. The van der Waals surface area contributed by atoms with Crippen molar-refractivity contribution in [2.24, 2.45) is 0 Å². The van der Waals surface area contributed by atoms with Gasteiger partial charge in [0.05, 0.1) is 0 Å². The molecule has 0 saturated carbocycles. The molecular weight excluding hydrogens is 309 g/mol. The van der Waals surface area contributed by atoms with Crippen LogP contribution in [0.2, 0.25) is 0 Å². The summed E-state index contributed by atoms with van der Waals surface area (Å²) in [6.45, 7) is 2.65. The van der Waals surface area contributed by atoms with Crippen molar-refractivity contribution in [2.45, 2.75) is 19.8 Å². The molecule has 5 nitrogen and oxygen atoms in total. The number of nitrogens with zero attached hydrogens (tertiary/aromatic N) is 1. The fraction of sp³-hybridized carbons (Fsp3) is 0.278. The number of carbonyl (C=O) groups excluding carboxylic acids is 2. The van der Waals surface area contributed by atoms with Crippen molar-refractivity contribution < 1.29 is 14.0 Å². The zero-order valence-electron chi connectivity index (χ0n) is 13.5. The second-order valence-electron chi connectivity index (χ2n) is 5.38. The number of nitrogens with one attached hydrogen (secondary N) is 2. The summed E-state index contributed by atoms with van der Waals surface area (Å²) >= 11 is 0. The highest BCUT2D eigenvalue weighted by molar-refractivity contribution is 5.94. The molecule has 0 aliphatic rings. The molecule has 24 heavy (non-hydrogen) atoms. The number of halogens is 1. The molecule has 0 radical (unpaired) electrons. The molecule has 0 fully saturated rings. The molecule has 2 amide bonds. The molecule has 1 aromatic carbocycles. The van der Waals surface area contributed by atoms with Crippen LogP contribution in [0.25, 0.3) is 0 Å². The quantitative estimate of drug-likeness (QED) is 0.816. The van der Waals surface area contributed by atoms with E-state index in [4.69, 9.17) is 0 Å². The maximum atomic E-state index is 12.8. The predicted molar refractivity (Wildman–Crippen MR) is 89.0 cm³/mol. The third-order valence-corrected chi connectivity index (χ3v) is 3.39. The fourth-order valence-corrected chi connectivity index (χ4v) is 2.15. The van der Waals surface area contributed by atoms with Crippen LogP contribution in [0.3, 0.4) is 0 Å². The van der Waals surface area contributed by atoms with Crippen LogP contribution in [0.1, 0.15) is 28.2 Å². The van der Waals surface area contributed by atoms with Gasteiger partial charge in [-0.05, 0) is 43.3 Å². The first kappa shape index (κ1) is 17.6. The smallest absolute Gasteiger partial charge is 0.251 e. The van der Waals surface area contributed by atoms with Gasteiger partial charge in [-0.3, -0.25) is 14.6 Å². The van der Waals surface area contributed by atoms with Gasteiger partial charge in [0.1, 0.15) is 5.82 Å². The van der Waals surface area contributed by atoms with Crippen LogP contribution in [0, 0.1) is 12.7 Å². The lowest BCUT2D eigenvalue weighted by Gasteiger charge is -2.07. The Kier molecular flexibility index (Phi) is 6.42. The molecule has 0 bridgehead atoms. The Hall–Kier alpha value is -2.76. The minimum Gasteiger partial charge on any atom is -0.356 e. The number of amides is 2. The van der Waals surface area contributed by atoms with Crippen molar-refractivity contribution in [3.8, 4) is 0 Å². The number of hydrogen-bond acceptors (Lipinski definition) is 3. The molecule has 1 aromatic heterocycles. The molecule has 0 saturated heterocycles. The molecule has 0 unspecified atom stereocenters. The maximum absolute atomic E-state index is 12.8. The van der Waals surface area contributed by atoms with E-state index < -0.39 is 5.82 Å². The van der Waals surface area contributed by atoms with Crippen LogP contribution in [-0.2, 0) is 11.2 Å². The summed E-state index contributed by atoms with van der Waals surface area (Å²) in [6, 6.07) is 11.0. The lowest BCUT2D eigenvalue weighted by molar-refractivity contribution is -0.120. The summed E-state index contributed by atoms with van der Waals surface area (Å²) in [4.78, 5) is 27.9. The van der Waals surface area contributed by atoms with Crippen molar-refractivity contribution in [1.82, 2.24) is 15.6 Å². The van der Waals surface area contributed by atoms with E-state index >= 15 is 0 Å². The first-order valence-electron chi connectivity index (χ1n) is 7.77. The second-order valence-corrected chi connectivity index (χ2v) is 5.38. The van der Waals surface area contributed by atoms with Crippen LogP contribution < -0.4 is 10.6 Å². The molecule has 0 aliphatic carbocycles. The van der Waals surface area contributed by atoms with E-state index in [0.717, 1.165) is 11.4 Å². The molecule has 126 valence electrons. The zero-order chi connectivity index (χ0) is 17.4. The van der Waals surface area contributed by atoms with E-state index in [9.17, 15) is 14.0 Å². The highest BCUT2D eigenvalue weighted by atomic mass is 19.1. The number of hydrogen-bond donors (Lipinski definition) is 2. The van der Waals surface area contributed by atoms with Gasteiger partial charge in [-0.2, -0.15) is 0 Å². The van der Waals surface area contributed by atoms with Crippen molar-refractivity contribution in [3.05, 3.63) is 65.2 Å². The number of aryl methyl sites for hydroxylation is 1. The Morgan fingerprint density at radius 2 is 1.79 bits per heavy atom. The molecular formula is C18H20FN3O2. The van der Waals surface area contributed by atoms with Gasteiger partial charge in [0, 0.05) is 42.9 Å². The average Bonchev–Trinajstić information content (AvgIpc) is 2.55. The summed E-state index contributed by atoms with van der Waals surface area (Å²) < 4.78 is 12.8. The Labute approximate surface area is 140 Å². The summed E-state index contributed by atoms with van der Waals surface area (Å²) in [5.41, 5.74) is 2.24. The van der Waals surface area contributed by atoms with E-state index in [1.165, 1.54) is 24.3 Å². The lowest BCUT2D eigenvalue weighted by Crippen LogP contribution is -2.31. The third kappa shape index (κ3) is 5.79. The van der Waals surface area contributed by atoms with E-state index in [1.807, 2.05) is 25.1 Å². The largest absolute Gasteiger partial charge is 0.356 e. The van der Waals surface area contributed by atoms with Crippen LogP contribution >= 0.6 is 0 Å². The average molecular weight is 329 g/mol. The van der Waals surface area contributed by atoms with Crippen molar-refractivity contribution in [3.63, 3.8) is 0 Å². The maximum Gasteiger partial charge on any atom is 0.251 e. The van der Waals surface area contributed by atoms with E-state index in [1.54, 1.807) is 0 Å². The van der Waals surface area contributed by atoms with Crippen molar-refractivity contribution >= 4 is 11.8 Å². The van der Waals surface area contributed by atoms with Gasteiger partial charge in [-0.15, -0.1) is 0 Å². The number of benzene rings is 1. The summed E-state index contributed by atoms with van der Waals surface area (Å²) in [7, 11) is 0. The van der Waals surface area contributed by atoms with Gasteiger partial charge in [-0.1, -0.05) is 6.07 Å². The summed E-state index contributed by atoms with van der Waals surface area (Å²) in [5, 5.41) is 5.42. The Bertz CT molecular complexity index is 702. The minimum absolute atomic E-state index is 0.137. The molecule has 2 aromatic rings. The standard InChI is InChI=1S/C18H20FN3O2/c1-13-3-2-4-16(22-13)9-11-20-17(23)10-12-21-18(24)14-5-7-15(19)8-6-14/h2-8H,9-12H2,1H3,(H,20,23)(H,21,24). The van der Waals surface area contributed by atoms with E-state index in [-0.39, 0.29) is 24.8 Å². The molecule has 0 aliphatic heterocycles. The minimum atomic E-state index is -0.394. The van der Waals surface area contributed by atoms with Gasteiger partial charge in [0.15, 0.2) is 0 Å². The first-order valence-corrected chi connectivity index (χ1v) is 7.77. The van der Waals surface area contributed by atoms with Gasteiger partial charge in [-0.25, -0.2) is 4.39 Å². The van der Waals surface area contributed by atoms with Crippen LogP contribution in [-0.4, -0.2) is 29.9 Å². The van der Waals surface area contributed by atoms with E-state index in [0.29, 0.717) is 18.5 Å². The lowest BCUT2D eigenvalue weighted by atomic mass is 10.2. The third-order valence-electron chi connectivity index (χ3n) is 3.39. The highest BCUT2D eigenvalue weighted by Crippen LogP contribution is 2.02. The number of carbonyl (C=O) groups is 2. The van der Waals surface area contributed by atoms with Gasteiger partial charge >= 0.3 is 0 Å². The zero-order valence-corrected chi connectivity index (χ0v) is 13.5. The van der Waals surface area contributed by atoms with Gasteiger partial charge in [0.2, 0.25) is 5.91 Å². The Morgan fingerprint density at radius 3 is 2.50 bits per heavy atom. The predicted octanol–water partition coefficient (Wildman–Crippen LogP) is 2.01. The number of rotatable bonds is 7. The highest BCUT2D eigenvalue weighted by Gasteiger charge is 2.06. The molecule has 0 atom stereocenters. The number of aromatic nitrogens is 1. The molecule has 2 N–H and O–H groups in total.